The van der Waals surface area contributed by atoms with Gasteiger partial charge in [-0.25, -0.2) is 4.21 Å². The molecule has 3 aliphatic heterocycles. The molecule has 1 aromatic rings. The van der Waals surface area contributed by atoms with Crippen LogP contribution in [0.1, 0.15) is 6.42 Å². The lowest BCUT2D eigenvalue weighted by atomic mass is 10.2. The molecular formula is C16H19N5O3S. The van der Waals surface area contributed by atoms with Crippen LogP contribution in [0.25, 0.3) is 0 Å². The molecule has 2 unspecified atom stereocenters. The summed E-state index contributed by atoms with van der Waals surface area (Å²) in [5, 5.41) is 9.00. The van der Waals surface area contributed by atoms with Crippen LogP contribution in [0.2, 0.25) is 0 Å². The fourth-order valence-electron chi connectivity index (χ4n) is 3.49. The zero-order chi connectivity index (χ0) is 17.6. The zero-order valence-electron chi connectivity index (χ0n) is 13.9. The molecule has 2 saturated heterocycles. The molecule has 0 N–H and O–H groups in total. The Balaban J connectivity index is 1.53. The van der Waals surface area contributed by atoms with Crippen molar-refractivity contribution in [1.29, 1.82) is 5.26 Å². The molecule has 4 rings (SSSR count). The van der Waals surface area contributed by atoms with Crippen molar-refractivity contribution in [3.63, 3.8) is 0 Å². The molecule has 1 amide bonds. The molecular weight excluding hydrogens is 342 g/mol. The number of nitrogens with zero attached hydrogens (tertiary/aromatic N) is 5. The minimum absolute atomic E-state index is 0.0221. The number of carbonyl (C=O) groups is 1. The highest BCUT2D eigenvalue weighted by Crippen LogP contribution is 2.36. The van der Waals surface area contributed by atoms with Gasteiger partial charge in [0, 0.05) is 45.3 Å². The molecule has 8 nitrogen and oxygen atoms in total. The minimum atomic E-state index is -1.28. The quantitative estimate of drug-likeness (QED) is 0.708. The maximum atomic E-state index is 12.9. The monoisotopic (exact) mass is 361 g/mol. The Morgan fingerprint density at radius 3 is 2.92 bits per heavy atom. The van der Waals surface area contributed by atoms with E-state index in [1.54, 1.807) is 16.8 Å². The van der Waals surface area contributed by atoms with Gasteiger partial charge in [0.15, 0.2) is 24.0 Å². The van der Waals surface area contributed by atoms with E-state index in [0.29, 0.717) is 25.4 Å². The smallest absolute Gasteiger partial charge is 0.264 e. The van der Waals surface area contributed by atoms with E-state index in [1.165, 1.54) is 0 Å². The summed E-state index contributed by atoms with van der Waals surface area (Å²) < 4.78 is 22.3. The van der Waals surface area contributed by atoms with E-state index < -0.39 is 11.2 Å². The summed E-state index contributed by atoms with van der Waals surface area (Å²) in [5.74, 6) is 0.547. The Bertz CT molecular complexity index is 780. The van der Waals surface area contributed by atoms with Gasteiger partial charge in [0.2, 0.25) is 0 Å². The minimum Gasteiger partial charge on any atom is -0.481 e. The van der Waals surface area contributed by atoms with Gasteiger partial charge in [0.1, 0.15) is 5.75 Å². The Morgan fingerprint density at radius 2 is 2.16 bits per heavy atom. The van der Waals surface area contributed by atoms with Gasteiger partial charge in [-0.2, -0.15) is 9.57 Å². The second kappa shape index (κ2) is 6.20. The summed E-state index contributed by atoms with van der Waals surface area (Å²) in [4.78, 5) is 15.0. The fraction of sp³-hybridized carbons (Fsp3) is 0.500. The number of nitriles is 1. The van der Waals surface area contributed by atoms with Crippen LogP contribution in [0.15, 0.2) is 18.2 Å². The lowest BCUT2D eigenvalue weighted by molar-refractivity contribution is -0.120. The number of likely N-dealkylation sites (N-methyl/N-ethyl adjacent to an activating group) is 1. The number of fused-ring (bicyclic) bond motifs is 1. The molecule has 0 aliphatic carbocycles. The number of ether oxygens (including phenoxy) is 1. The van der Waals surface area contributed by atoms with Crippen LogP contribution in [0.3, 0.4) is 0 Å². The van der Waals surface area contributed by atoms with Gasteiger partial charge in [0.25, 0.3) is 5.91 Å². The van der Waals surface area contributed by atoms with Crippen LogP contribution in [-0.2, 0) is 16.0 Å². The highest BCUT2D eigenvalue weighted by atomic mass is 32.2. The SMILES string of the molecule is CN1C(=O)COc2cc(N3CCN(C4CCN(C#N)C4)S3=O)ccc21. The van der Waals surface area contributed by atoms with Crippen molar-refractivity contribution in [2.24, 2.45) is 0 Å². The fourth-order valence-corrected chi connectivity index (χ4v) is 4.94. The Hall–Kier alpha value is -2.31. The van der Waals surface area contributed by atoms with Crippen molar-refractivity contribution < 1.29 is 13.7 Å². The van der Waals surface area contributed by atoms with Crippen molar-refractivity contribution in [3.05, 3.63) is 18.2 Å². The third kappa shape index (κ3) is 2.71. The van der Waals surface area contributed by atoms with E-state index in [0.717, 1.165) is 24.3 Å². The lowest BCUT2D eigenvalue weighted by Gasteiger charge is -2.28. The van der Waals surface area contributed by atoms with Gasteiger partial charge in [-0.05, 0) is 18.6 Å². The van der Waals surface area contributed by atoms with Gasteiger partial charge in [-0.3, -0.25) is 9.10 Å². The Kier molecular flexibility index (Phi) is 4.01. The summed E-state index contributed by atoms with van der Waals surface area (Å²) in [5.41, 5.74) is 1.54. The third-order valence-corrected chi connectivity index (χ3v) is 6.60. The van der Waals surface area contributed by atoms with Crippen molar-refractivity contribution in [2.75, 3.05) is 49.0 Å². The van der Waals surface area contributed by atoms with E-state index >= 15 is 0 Å². The van der Waals surface area contributed by atoms with Gasteiger partial charge in [0.05, 0.1) is 11.4 Å². The number of anilines is 2. The largest absolute Gasteiger partial charge is 0.481 e. The number of hydrogen-bond acceptors (Lipinski definition) is 5. The summed E-state index contributed by atoms with van der Waals surface area (Å²) in [6, 6.07) is 5.68. The van der Waals surface area contributed by atoms with Gasteiger partial charge < -0.3 is 14.5 Å². The topological polar surface area (TPSA) is 80.1 Å². The number of carbonyl (C=O) groups excluding carboxylic acids is 1. The molecule has 132 valence electrons. The first-order chi connectivity index (χ1) is 12.1. The normalized spacial score (nSPS) is 26.6. The summed E-state index contributed by atoms with van der Waals surface area (Å²) >= 11 is -1.28. The standard InChI is InChI=1S/C16H19N5O3S/c1-18-14-3-2-12(8-15(14)24-10-16(18)22)20-6-7-21(25(20)23)13-4-5-19(9-13)11-17/h2-3,8,13H,4-7,9-10H2,1H3. The van der Waals surface area contributed by atoms with Crippen LogP contribution in [0, 0.1) is 11.5 Å². The van der Waals surface area contributed by atoms with E-state index in [4.69, 9.17) is 10.00 Å². The number of hydrogen-bond donors (Lipinski definition) is 0. The van der Waals surface area contributed by atoms with Crippen molar-refractivity contribution in [2.45, 2.75) is 12.5 Å². The number of amides is 1. The average Bonchev–Trinajstić information content (AvgIpc) is 3.24. The first-order valence-corrected chi connectivity index (χ1v) is 9.29. The second-order valence-corrected chi connectivity index (χ2v) is 7.73. The molecule has 9 heteroatoms. The molecule has 0 radical (unpaired) electrons. The summed E-state index contributed by atoms with van der Waals surface area (Å²) in [6.45, 7) is 2.74. The number of likely N-dealkylation sites (tertiary alicyclic amines) is 1. The first-order valence-electron chi connectivity index (χ1n) is 8.23. The predicted molar refractivity (Wildman–Crippen MR) is 93.1 cm³/mol. The lowest BCUT2D eigenvalue weighted by Crippen LogP contribution is -2.37. The van der Waals surface area contributed by atoms with Gasteiger partial charge >= 0.3 is 0 Å². The van der Waals surface area contributed by atoms with Gasteiger partial charge in [-0.1, -0.05) is 0 Å². The molecule has 0 saturated carbocycles. The molecule has 0 bridgehead atoms. The molecule has 25 heavy (non-hydrogen) atoms. The van der Waals surface area contributed by atoms with Crippen molar-refractivity contribution in [1.82, 2.24) is 9.21 Å². The van der Waals surface area contributed by atoms with Gasteiger partial charge in [-0.15, -0.1) is 0 Å². The second-order valence-electron chi connectivity index (χ2n) is 6.36. The third-order valence-electron chi connectivity index (χ3n) is 4.94. The highest BCUT2D eigenvalue weighted by molar-refractivity contribution is 7.84. The van der Waals surface area contributed by atoms with Crippen LogP contribution >= 0.6 is 0 Å². The first kappa shape index (κ1) is 16.2. The molecule has 1 aromatic carbocycles. The van der Waals surface area contributed by atoms with Crippen molar-refractivity contribution in [3.8, 4) is 11.9 Å². The Labute approximate surface area is 148 Å². The molecule has 0 aromatic heterocycles. The predicted octanol–water partition coefficient (Wildman–Crippen LogP) is 0.298. The maximum absolute atomic E-state index is 12.9. The maximum Gasteiger partial charge on any atom is 0.264 e. The van der Waals surface area contributed by atoms with Crippen molar-refractivity contribution >= 4 is 28.5 Å². The molecule has 2 fully saturated rings. The highest BCUT2D eigenvalue weighted by Gasteiger charge is 2.38. The number of rotatable bonds is 2. The summed E-state index contributed by atoms with van der Waals surface area (Å²) in [7, 11) is 1.72. The van der Waals surface area contributed by atoms with Crippen LogP contribution in [0.5, 0.6) is 5.75 Å². The molecule has 2 atom stereocenters. The van der Waals surface area contributed by atoms with E-state index in [2.05, 4.69) is 6.19 Å². The Morgan fingerprint density at radius 1 is 1.32 bits per heavy atom. The summed E-state index contributed by atoms with van der Waals surface area (Å²) in [6.07, 6.45) is 3.02. The average molecular weight is 361 g/mol. The van der Waals surface area contributed by atoms with E-state index in [-0.39, 0.29) is 18.6 Å². The zero-order valence-corrected chi connectivity index (χ0v) is 14.7. The van der Waals surface area contributed by atoms with Crippen LogP contribution in [0.4, 0.5) is 11.4 Å². The molecule has 3 aliphatic rings. The number of benzene rings is 1. The molecule has 3 heterocycles. The van der Waals surface area contributed by atoms with Crippen LogP contribution in [-0.4, -0.2) is 65.2 Å². The van der Waals surface area contributed by atoms with E-state index in [9.17, 15) is 9.00 Å². The molecule has 0 spiro atoms. The van der Waals surface area contributed by atoms with Crippen LogP contribution < -0.4 is 13.9 Å². The van der Waals surface area contributed by atoms with E-state index in [1.807, 2.05) is 26.8 Å².